The van der Waals surface area contributed by atoms with Crippen LogP contribution >= 0.6 is 27.5 Å². The monoisotopic (exact) mass is 330 g/mol. The molecule has 0 bridgehead atoms. The number of aryl methyl sites for hydroxylation is 1. The molecule has 2 rings (SSSR count). The summed E-state index contributed by atoms with van der Waals surface area (Å²) in [6.07, 6.45) is 0. The van der Waals surface area contributed by atoms with Gasteiger partial charge in [0.1, 0.15) is 0 Å². The molecule has 2 N–H and O–H groups in total. The van der Waals surface area contributed by atoms with Crippen molar-refractivity contribution >= 4 is 39.1 Å². The topological polar surface area (TPSA) is 41.1 Å². The molecular formula is C13H16BrClN2O. The average Bonchev–Trinajstić information content (AvgIpc) is 2.72. The van der Waals surface area contributed by atoms with E-state index >= 15 is 0 Å². The molecule has 0 aliphatic carbocycles. The highest BCUT2D eigenvalue weighted by Gasteiger charge is 2.29. The summed E-state index contributed by atoms with van der Waals surface area (Å²) in [6, 6.07) is 3.69. The predicted molar refractivity (Wildman–Crippen MR) is 78.0 cm³/mol. The van der Waals surface area contributed by atoms with Gasteiger partial charge in [0, 0.05) is 16.0 Å². The molecule has 0 aromatic heterocycles. The van der Waals surface area contributed by atoms with Crippen LogP contribution in [0.2, 0.25) is 5.02 Å². The number of nitrogens with one attached hydrogen (secondary N) is 2. The number of anilines is 1. The molecule has 1 amide bonds. The molecular weight excluding hydrogens is 316 g/mol. The van der Waals surface area contributed by atoms with Crippen LogP contribution in [0.25, 0.3) is 0 Å². The highest BCUT2D eigenvalue weighted by Crippen LogP contribution is 2.30. The zero-order chi connectivity index (χ0) is 13.3. The predicted octanol–water partition coefficient (Wildman–Crippen LogP) is 3.20. The lowest BCUT2D eigenvalue weighted by Crippen LogP contribution is -2.28. The Kier molecular flexibility index (Phi) is 4.30. The van der Waals surface area contributed by atoms with Gasteiger partial charge in [-0.2, -0.15) is 0 Å². The minimum absolute atomic E-state index is 0.0250. The van der Waals surface area contributed by atoms with Crippen LogP contribution < -0.4 is 10.6 Å². The van der Waals surface area contributed by atoms with E-state index in [1.54, 1.807) is 6.07 Å². The first-order chi connectivity index (χ1) is 8.49. The summed E-state index contributed by atoms with van der Waals surface area (Å²) in [4.78, 5) is 12.2. The summed E-state index contributed by atoms with van der Waals surface area (Å²) in [5.41, 5.74) is 1.71. The second-order valence-corrected chi connectivity index (χ2v) is 6.07. The second-order valence-electron chi connectivity index (χ2n) is 4.81. The van der Waals surface area contributed by atoms with Crippen molar-refractivity contribution in [2.45, 2.75) is 13.8 Å². The lowest BCUT2D eigenvalue weighted by molar-refractivity contribution is -0.120. The van der Waals surface area contributed by atoms with Crippen molar-refractivity contribution in [3.05, 3.63) is 27.2 Å². The molecule has 1 aliphatic heterocycles. The number of halogens is 2. The third kappa shape index (κ3) is 2.87. The fraction of sp³-hybridized carbons (Fsp3) is 0.462. The SMILES string of the molecule is Cc1cc(Br)c(NC(=O)C2CNCC2C)cc1Cl. The van der Waals surface area contributed by atoms with Gasteiger partial charge in [-0.25, -0.2) is 0 Å². The summed E-state index contributed by atoms with van der Waals surface area (Å²) in [5, 5.41) is 6.82. The summed E-state index contributed by atoms with van der Waals surface area (Å²) in [6.45, 7) is 5.65. The van der Waals surface area contributed by atoms with Crippen molar-refractivity contribution in [2.24, 2.45) is 11.8 Å². The van der Waals surface area contributed by atoms with Crippen LogP contribution in [-0.4, -0.2) is 19.0 Å². The van der Waals surface area contributed by atoms with Crippen LogP contribution in [0.1, 0.15) is 12.5 Å². The van der Waals surface area contributed by atoms with Gasteiger partial charge >= 0.3 is 0 Å². The van der Waals surface area contributed by atoms with Crippen molar-refractivity contribution in [1.29, 1.82) is 0 Å². The summed E-state index contributed by atoms with van der Waals surface area (Å²) in [5.74, 6) is 0.440. The second kappa shape index (κ2) is 5.59. The van der Waals surface area contributed by atoms with Gasteiger partial charge < -0.3 is 10.6 Å². The molecule has 18 heavy (non-hydrogen) atoms. The van der Waals surface area contributed by atoms with Crippen molar-refractivity contribution in [3.8, 4) is 0 Å². The molecule has 2 unspecified atom stereocenters. The maximum atomic E-state index is 12.2. The van der Waals surface area contributed by atoms with E-state index in [1.807, 2.05) is 13.0 Å². The summed E-state index contributed by atoms with van der Waals surface area (Å²) < 4.78 is 0.858. The normalized spacial score (nSPS) is 23.1. The molecule has 0 spiro atoms. The van der Waals surface area contributed by atoms with Gasteiger partial charge in [-0.05, 0) is 53.0 Å². The van der Waals surface area contributed by atoms with Crippen LogP contribution in [0.4, 0.5) is 5.69 Å². The maximum Gasteiger partial charge on any atom is 0.229 e. The molecule has 98 valence electrons. The summed E-state index contributed by atoms with van der Waals surface area (Å²) >= 11 is 9.52. The minimum atomic E-state index is 0.0250. The average molecular weight is 332 g/mol. The lowest BCUT2D eigenvalue weighted by atomic mass is 9.97. The van der Waals surface area contributed by atoms with Crippen LogP contribution in [0.15, 0.2) is 16.6 Å². The molecule has 3 nitrogen and oxygen atoms in total. The smallest absolute Gasteiger partial charge is 0.229 e. The molecule has 1 aromatic rings. The summed E-state index contributed by atoms with van der Waals surface area (Å²) in [7, 11) is 0. The van der Waals surface area contributed by atoms with E-state index < -0.39 is 0 Å². The first-order valence-electron chi connectivity index (χ1n) is 5.96. The van der Waals surface area contributed by atoms with E-state index in [4.69, 9.17) is 11.6 Å². The number of carbonyl (C=O) groups excluding carboxylic acids is 1. The molecule has 1 saturated heterocycles. The van der Waals surface area contributed by atoms with E-state index in [1.165, 1.54) is 0 Å². The number of hydrogen-bond donors (Lipinski definition) is 2. The van der Waals surface area contributed by atoms with Gasteiger partial charge in [-0.15, -0.1) is 0 Å². The lowest BCUT2D eigenvalue weighted by Gasteiger charge is -2.15. The van der Waals surface area contributed by atoms with Gasteiger partial charge in [0.25, 0.3) is 0 Å². The molecule has 5 heteroatoms. The van der Waals surface area contributed by atoms with Gasteiger partial charge in [0.15, 0.2) is 0 Å². The molecule has 1 aromatic carbocycles. The Hall–Kier alpha value is -0.580. The van der Waals surface area contributed by atoms with Gasteiger partial charge in [0.2, 0.25) is 5.91 Å². The fourth-order valence-corrected chi connectivity index (χ4v) is 2.85. The zero-order valence-electron chi connectivity index (χ0n) is 10.4. The molecule has 1 heterocycles. The minimum Gasteiger partial charge on any atom is -0.325 e. The molecule has 2 atom stereocenters. The van der Waals surface area contributed by atoms with Crippen molar-refractivity contribution in [3.63, 3.8) is 0 Å². The molecule has 1 aliphatic rings. The Balaban J connectivity index is 2.14. The Bertz CT molecular complexity index is 478. The molecule has 0 radical (unpaired) electrons. The highest BCUT2D eigenvalue weighted by atomic mass is 79.9. The number of hydrogen-bond acceptors (Lipinski definition) is 2. The molecule has 0 saturated carbocycles. The Morgan fingerprint density at radius 1 is 1.50 bits per heavy atom. The van der Waals surface area contributed by atoms with Crippen LogP contribution in [0.5, 0.6) is 0 Å². The van der Waals surface area contributed by atoms with Crippen LogP contribution in [-0.2, 0) is 4.79 Å². The highest BCUT2D eigenvalue weighted by molar-refractivity contribution is 9.10. The largest absolute Gasteiger partial charge is 0.325 e. The van der Waals surface area contributed by atoms with Crippen molar-refractivity contribution < 1.29 is 4.79 Å². The van der Waals surface area contributed by atoms with E-state index in [2.05, 4.69) is 33.5 Å². The number of amides is 1. The van der Waals surface area contributed by atoms with Crippen LogP contribution in [0, 0.1) is 18.8 Å². The van der Waals surface area contributed by atoms with E-state index in [0.29, 0.717) is 10.9 Å². The Morgan fingerprint density at radius 2 is 2.22 bits per heavy atom. The third-order valence-electron chi connectivity index (χ3n) is 3.36. The van der Waals surface area contributed by atoms with E-state index in [0.717, 1.165) is 28.8 Å². The number of benzene rings is 1. The zero-order valence-corrected chi connectivity index (χ0v) is 12.7. The maximum absolute atomic E-state index is 12.2. The van der Waals surface area contributed by atoms with E-state index in [9.17, 15) is 4.79 Å². The van der Waals surface area contributed by atoms with Crippen molar-refractivity contribution in [2.75, 3.05) is 18.4 Å². The van der Waals surface area contributed by atoms with Gasteiger partial charge in [-0.3, -0.25) is 4.79 Å². The first kappa shape index (κ1) is 13.8. The molecule has 1 fully saturated rings. The Morgan fingerprint density at radius 3 is 2.83 bits per heavy atom. The van der Waals surface area contributed by atoms with Gasteiger partial charge in [-0.1, -0.05) is 18.5 Å². The van der Waals surface area contributed by atoms with Gasteiger partial charge in [0.05, 0.1) is 11.6 Å². The first-order valence-corrected chi connectivity index (χ1v) is 7.13. The number of rotatable bonds is 2. The Labute approximate surface area is 120 Å². The fourth-order valence-electron chi connectivity index (χ4n) is 2.13. The van der Waals surface area contributed by atoms with Crippen LogP contribution in [0.3, 0.4) is 0 Å². The van der Waals surface area contributed by atoms with E-state index in [-0.39, 0.29) is 11.8 Å². The standard InChI is InChI=1S/C13H16BrClN2O/c1-7-3-10(14)12(4-11(7)15)17-13(18)9-6-16-5-8(9)2/h3-4,8-9,16H,5-6H2,1-2H3,(H,17,18). The van der Waals surface area contributed by atoms with Crippen molar-refractivity contribution in [1.82, 2.24) is 5.32 Å². The third-order valence-corrected chi connectivity index (χ3v) is 4.42. The number of carbonyl (C=O) groups is 1. The quantitative estimate of drug-likeness (QED) is 0.874.